The molecule has 2 aromatic rings. The Labute approximate surface area is 95.1 Å². The summed E-state index contributed by atoms with van der Waals surface area (Å²) in [6.07, 6.45) is 0.659. The third-order valence-electron chi connectivity index (χ3n) is 2.28. The maximum absolute atomic E-state index is 8.86. The number of aliphatic hydroxyl groups excluding tert-OH is 1. The lowest BCUT2D eigenvalue weighted by atomic mass is 10.1. The van der Waals surface area contributed by atoms with Crippen LogP contribution < -0.4 is 4.74 Å². The van der Waals surface area contributed by atoms with Crippen LogP contribution >= 0.6 is 0 Å². The van der Waals surface area contributed by atoms with E-state index in [1.165, 1.54) is 0 Å². The molecular weight excluding hydrogens is 200 g/mol. The van der Waals surface area contributed by atoms with Gasteiger partial charge in [-0.15, -0.1) is 0 Å². The molecule has 1 N–H and O–H groups in total. The predicted octanol–water partition coefficient (Wildman–Crippen LogP) is 3.01. The molecular formula is C14H14O2. The Morgan fingerprint density at radius 3 is 2.38 bits per heavy atom. The predicted molar refractivity (Wildman–Crippen MR) is 63.7 cm³/mol. The van der Waals surface area contributed by atoms with Gasteiger partial charge in [-0.05, 0) is 36.2 Å². The maximum atomic E-state index is 8.86. The standard InChI is InChI=1S/C14H14O2/c15-10-9-12-5-4-8-14(11-12)16-13-6-2-1-3-7-13/h1-8,11,15H,9-10H2. The molecule has 0 saturated carbocycles. The highest BCUT2D eigenvalue weighted by atomic mass is 16.5. The Balaban J connectivity index is 2.12. The van der Waals surface area contributed by atoms with Crippen molar-refractivity contribution in [3.05, 3.63) is 60.2 Å². The van der Waals surface area contributed by atoms with Crippen molar-refractivity contribution in [3.63, 3.8) is 0 Å². The third-order valence-corrected chi connectivity index (χ3v) is 2.28. The lowest BCUT2D eigenvalue weighted by Gasteiger charge is -2.06. The summed E-state index contributed by atoms with van der Waals surface area (Å²) >= 11 is 0. The van der Waals surface area contributed by atoms with Crippen LogP contribution in [0.3, 0.4) is 0 Å². The van der Waals surface area contributed by atoms with E-state index in [0.717, 1.165) is 17.1 Å². The van der Waals surface area contributed by atoms with Gasteiger partial charge in [0.15, 0.2) is 0 Å². The number of hydrogen-bond donors (Lipinski definition) is 1. The minimum Gasteiger partial charge on any atom is -0.457 e. The first-order chi connectivity index (χ1) is 7.88. The van der Waals surface area contributed by atoms with Crippen LogP contribution in [0.5, 0.6) is 11.5 Å². The molecule has 2 aromatic carbocycles. The van der Waals surface area contributed by atoms with Crippen molar-refractivity contribution in [1.29, 1.82) is 0 Å². The summed E-state index contributed by atoms with van der Waals surface area (Å²) in [5, 5.41) is 8.86. The third kappa shape index (κ3) is 2.84. The molecule has 0 radical (unpaired) electrons. The molecule has 0 aliphatic rings. The van der Waals surface area contributed by atoms with E-state index in [2.05, 4.69) is 0 Å². The average molecular weight is 214 g/mol. The normalized spacial score (nSPS) is 10.1. The number of rotatable bonds is 4. The quantitative estimate of drug-likeness (QED) is 0.847. The zero-order chi connectivity index (χ0) is 11.2. The lowest BCUT2D eigenvalue weighted by Crippen LogP contribution is -1.91. The van der Waals surface area contributed by atoms with Gasteiger partial charge in [0, 0.05) is 6.61 Å². The Bertz CT molecular complexity index is 437. The molecule has 2 heteroatoms. The summed E-state index contributed by atoms with van der Waals surface area (Å²) in [7, 11) is 0. The van der Waals surface area contributed by atoms with Gasteiger partial charge >= 0.3 is 0 Å². The number of aliphatic hydroxyl groups is 1. The monoisotopic (exact) mass is 214 g/mol. The molecule has 0 unspecified atom stereocenters. The number of benzene rings is 2. The summed E-state index contributed by atoms with van der Waals surface area (Å²) in [4.78, 5) is 0. The van der Waals surface area contributed by atoms with Crippen LogP contribution in [0.1, 0.15) is 5.56 Å². The molecule has 0 saturated heterocycles. The molecule has 0 bridgehead atoms. The van der Waals surface area contributed by atoms with E-state index >= 15 is 0 Å². The zero-order valence-electron chi connectivity index (χ0n) is 8.97. The van der Waals surface area contributed by atoms with Gasteiger partial charge in [-0.25, -0.2) is 0 Å². The number of ether oxygens (including phenoxy) is 1. The van der Waals surface area contributed by atoms with E-state index in [9.17, 15) is 0 Å². The molecule has 0 aromatic heterocycles. The molecule has 16 heavy (non-hydrogen) atoms. The number of hydrogen-bond acceptors (Lipinski definition) is 2. The van der Waals surface area contributed by atoms with Gasteiger partial charge < -0.3 is 9.84 Å². The summed E-state index contributed by atoms with van der Waals surface area (Å²) in [6.45, 7) is 0.161. The van der Waals surface area contributed by atoms with Crippen molar-refractivity contribution in [2.24, 2.45) is 0 Å². The molecule has 2 nitrogen and oxygen atoms in total. The minimum atomic E-state index is 0.161. The Kier molecular flexibility index (Phi) is 3.57. The van der Waals surface area contributed by atoms with Crippen molar-refractivity contribution < 1.29 is 9.84 Å². The molecule has 0 heterocycles. The highest BCUT2D eigenvalue weighted by molar-refractivity contribution is 5.33. The largest absolute Gasteiger partial charge is 0.457 e. The topological polar surface area (TPSA) is 29.5 Å². The molecule has 0 atom stereocenters. The van der Waals surface area contributed by atoms with Crippen LogP contribution in [-0.2, 0) is 6.42 Å². The van der Waals surface area contributed by atoms with Crippen LogP contribution in [-0.4, -0.2) is 11.7 Å². The van der Waals surface area contributed by atoms with Crippen molar-refractivity contribution in [2.45, 2.75) is 6.42 Å². The highest BCUT2D eigenvalue weighted by Gasteiger charge is 1.98. The molecule has 0 fully saturated rings. The Morgan fingerprint density at radius 1 is 0.875 bits per heavy atom. The first-order valence-electron chi connectivity index (χ1n) is 5.31. The van der Waals surface area contributed by atoms with Crippen molar-refractivity contribution in [1.82, 2.24) is 0 Å². The molecule has 2 rings (SSSR count). The smallest absolute Gasteiger partial charge is 0.127 e. The van der Waals surface area contributed by atoms with E-state index in [1.54, 1.807) is 0 Å². The van der Waals surface area contributed by atoms with E-state index < -0.39 is 0 Å². The lowest BCUT2D eigenvalue weighted by molar-refractivity contribution is 0.299. The fourth-order valence-electron chi connectivity index (χ4n) is 1.52. The van der Waals surface area contributed by atoms with Gasteiger partial charge in [-0.2, -0.15) is 0 Å². The van der Waals surface area contributed by atoms with E-state index in [1.807, 2.05) is 54.6 Å². The molecule has 82 valence electrons. The maximum Gasteiger partial charge on any atom is 0.127 e. The van der Waals surface area contributed by atoms with Crippen LogP contribution in [0.4, 0.5) is 0 Å². The van der Waals surface area contributed by atoms with Crippen molar-refractivity contribution >= 4 is 0 Å². The first-order valence-corrected chi connectivity index (χ1v) is 5.31. The van der Waals surface area contributed by atoms with E-state index in [-0.39, 0.29) is 6.61 Å². The summed E-state index contributed by atoms with van der Waals surface area (Å²) < 4.78 is 5.68. The van der Waals surface area contributed by atoms with Crippen LogP contribution in [0, 0.1) is 0 Å². The SMILES string of the molecule is OCCc1cccc(Oc2ccccc2)c1. The Hall–Kier alpha value is -1.80. The highest BCUT2D eigenvalue weighted by Crippen LogP contribution is 2.21. The Morgan fingerprint density at radius 2 is 1.62 bits per heavy atom. The van der Waals surface area contributed by atoms with Crippen LogP contribution in [0.25, 0.3) is 0 Å². The van der Waals surface area contributed by atoms with Crippen molar-refractivity contribution in [2.75, 3.05) is 6.61 Å². The number of para-hydroxylation sites is 1. The van der Waals surface area contributed by atoms with Gasteiger partial charge in [0.2, 0.25) is 0 Å². The second kappa shape index (κ2) is 5.33. The average Bonchev–Trinajstić information content (AvgIpc) is 2.31. The second-order valence-electron chi connectivity index (χ2n) is 3.54. The van der Waals surface area contributed by atoms with E-state index in [4.69, 9.17) is 9.84 Å². The van der Waals surface area contributed by atoms with Gasteiger partial charge in [0.1, 0.15) is 11.5 Å². The van der Waals surface area contributed by atoms with Crippen LogP contribution in [0.15, 0.2) is 54.6 Å². The molecule has 0 aliphatic heterocycles. The zero-order valence-corrected chi connectivity index (χ0v) is 8.97. The van der Waals surface area contributed by atoms with Gasteiger partial charge in [0.05, 0.1) is 0 Å². The fraction of sp³-hybridized carbons (Fsp3) is 0.143. The molecule has 0 aliphatic carbocycles. The summed E-state index contributed by atoms with van der Waals surface area (Å²) in [5.41, 5.74) is 1.08. The molecule has 0 spiro atoms. The van der Waals surface area contributed by atoms with Gasteiger partial charge in [-0.1, -0.05) is 30.3 Å². The minimum absolute atomic E-state index is 0.161. The van der Waals surface area contributed by atoms with E-state index in [0.29, 0.717) is 6.42 Å². The van der Waals surface area contributed by atoms with Crippen molar-refractivity contribution in [3.8, 4) is 11.5 Å². The van der Waals surface area contributed by atoms with Gasteiger partial charge in [0.25, 0.3) is 0 Å². The van der Waals surface area contributed by atoms with Crippen LogP contribution in [0.2, 0.25) is 0 Å². The molecule has 0 amide bonds. The second-order valence-corrected chi connectivity index (χ2v) is 3.54. The van der Waals surface area contributed by atoms with Gasteiger partial charge in [-0.3, -0.25) is 0 Å². The summed E-state index contributed by atoms with van der Waals surface area (Å²) in [5.74, 6) is 1.63. The first kappa shape index (κ1) is 10.7. The fourth-order valence-corrected chi connectivity index (χ4v) is 1.52. The summed E-state index contributed by atoms with van der Waals surface area (Å²) in [6, 6.07) is 17.4.